The topological polar surface area (TPSA) is 69.6 Å². The number of nitrogens with zero attached hydrogens (tertiary/aromatic N) is 4. The lowest BCUT2D eigenvalue weighted by Crippen LogP contribution is -2.13. The van der Waals surface area contributed by atoms with E-state index in [1.54, 1.807) is 6.20 Å². The van der Waals surface area contributed by atoms with Crippen molar-refractivity contribution in [2.75, 3.05) is 0 Å². The van der Waals surface area contributed by atoms with Crippen LogP contribution in [0.5, 0.6) is 0 Å². The zero-order valence-corrected chi connectivity index (χ0v) is 11.1. The molecule has 2 aromatic rings. The molecule has 0 aromatic carbocycles. The van der Waals surface area contributed by atoms with Crippen LogP contribution in [0.4, 0.5) is 0 Å². The molecule has 0 amide bonds. The van der Waals surface area contributed by atoms with Crippen LogP contribution < -0.4 is 5.73 Å². The molecule has 0 unspecified atom stereocenters. The summed E-state index contributed by atoms with van der Waals surface area (Å²) < 4.78 is 1.99. The third kappa shape index (κ3) is 2.13. The van der Waals surface area contributed by atoms with Gasteiger partial charge in [-0.05, 0) is 25.8 Å². The molecular formula is C13H19N5. The molecule has 0 aliphatic rings. The summed E-state index contributed by atoms with van der Waals surface area (Å²) in [6.07, 6.45) is 5.68. The molecule has 0 aliphatic carbocycles. The second kappa shape index (κ2) is 5.27. The predicted molar refractivity (Wildman–Crippen MR) is 70.5 cm³/mol. The van der Waals surface area contributed by atoms with Gasteiger partial charge in [0.1, 0.15) is 5.82 Å². The van der Waals surface area contributed by atoms with Gasteiger partial charge in [0.05, 0.1) is 5.69 Å². The van der Waals surface area contributed by atoms with Crippen molar-refractivity contribution in [2.24, 2.45) is 5.73 Å². The van der Waals surface area contributed by atoms with E-state index in [9.17, 15) is 0 Å². The first-order valence-corrected chi connectivity index (χ1v) is 6.24. The number of rotatable bonds is 4. The van der Waals surface area contributed by atoms with Crippen LogP contribution in [-0.2, 0) is 13.0 Å². The first kappa shape index (κ1) is 12.7. The van der Waals surface area contributed by atoms with E-state index in [-0.39, 0.29) is 0 Å². The van der Waals surface area contributed by atoms with E-state index in [0.29, 0.717) is 6.54 Å². The zero-order chi connectivity index (χ0) is 13.1. The summed E-state index contributed by atoms with van der Waals surface area (Å²) in [5.41, 5.74) is 8.93. The Morgan fingerprint density at radius 2 is 2.06 bits per heavy atom. The van der Waals surface area contributed by atoms with E-state index >= 15 is 0 Å². The van der Waals surface area contributed by atoms with Crippen LogP contribution in [-0.4, -0.2) is 19.7 Å². The number of imidazole rings is 1. The van der Waals surface area contributed by atoms with Crippen LogP contribution >= 0.6 is 0 Å². The van der Waals surface area contributed by atoms with Gasteiger partial charge in [0, 0.05) is 30.9 Å². The molecule has 0 aliphatic heterocycles. The first-order chi connectivity index (χ1) is 8.69. The second-order valence-corrected chi connectivity index (χ2v) is 4.38. The highest BCUT2D eigenvalue weighted by Crippen LogP contribution is 2.18. The maximum Gasteiger partial charge on any atom is 0.165 e. The smallest absolute Gasteiger partial charge is 0.165 e. The number of aromatic nitrogens is 4. The van der Waals surface area contributed by atoms with Gasteiger partial charge in [0.2, 0.25) is 0 Å². The Kier molecular flexibility index (Phi) is 3.72. The van der Waals surface area contributed by atoms with E-state index in [1.807, 2.05) is 24.6 Å². The lowest BCUT2D eigenvalue weighted by atomic mass is 10.1. The molecule has 2 aromatic heterocycles. The normalized spacial score (nSPS) is 10.9. The Morgan fingerprint density at radius 3 is 2.72 bits per heavy atom. The van der Waals surface area contributed by atoms with Gasteiger partial charge < -0.3 is 5.73 Å². The van der Waals surface area contributed by atoms with Crippen LogP contribution in [0.3, 0.4) is 0 Å². The molecule has 2 heterocycles. The molecule has 2 rings (SSSR count). The summed E-state index contributed by atoms with van der Waals surface area (Å²) in [6, 6.07) is 0. The van der Waals surface area contributed by atoms with Crippen LogP contribution in [0, 0.1) is 13.8 Å². The van der Waals surface area contributed by atoms with E-state index in [1.165, 1.54) is 0 Å². The van der Waals surface area contributed by atoms with Gasteiger partial charge in [-0.3, -0.25) is 4.57 Å². The van der Waals surface area contributed by atoms with Gasteiger partial charge in [-0.1, -0.05) is 6.92 Å². The lowest BCUT2D eigenvalue weighted by molar-refractivity contribution is 0.766. The van der Waals surface area contributed by atoms with Crippen molar-refractivity contribution in [3.05, 3.63) is 35.0 Å². The third-order valence-electron chi connectivity index (χ3n) is 3.18. The van der Waals surface area contributed by atoms with Gasteiger partial charge in [-0.2, -0.15) is 5.10 Å². The predicted octanol–water partition coefficient (Wildman–Crippen LogP) is 1.69. The molecular weight excluding hydrogens is 226 g/mol. The van der Waals surface area contributed by atoms with Crippen molar-refractivity contribution < 1.29 is 0 Å². The molecule has 0 spiro atoms. The summed E-state index contributed by atoms with van der Waals surface area (Å²) in [5, 5.41) is 8.48. The summed E-state index contributed by atoms with van der Waals surface area (Å²) in [7, 11) is 0. The maximum atomic E-state index is 5.85. The highest BCUT2D eigenvalue weighted by atomic mass is 15.2. The fourth-order valence-electron chi connectivity index (χ4n) is 2.02. The summed E-state index contributed by atoms with van der Waals surface area (Å²) in [6.45, 7) is 6.58. The van der Waals surface area contributed by atoms with Crippen molar-refractivity contribution in [3.8, 4) is 5.82 Å². The molecule has 2 N–H and O–H groups in total. The number of nitrogens with two attached hydrogens (primary N) is 1. The van der Waals surface area contributed by atoms with Crippen LogP contribution in [0.25, 0.3) is 5.82 Å². The van der Waals surface area contributed by atoms with E-state index < -0.39 is 0 Å². The third-order valence-corrected chi connectivity index (χ3v) is 3.18. The van der Waals surface area contributed by atoms with Gasteiger partial charge in [0.25, 0.3) is 0 Å². The monoisotopic (exact) mass is 245 g/mol. The quantitative estimate of drug-likeness (QED) is 0.890. The Balaban J connectivity index is 2.56. The highest BCUT2D eigenvalue weighted by molar-refractivity contribution is 5.41. The number of aryl methyl sites for hydroxylation is 2. The van der Waals surface area contributed by atoms with Crippen molar-refractivity contribution in [1.82, 2.24) is 19.7 Å². The Labute approximate surface area is 107 Å². The SMILES string of the molecule is CCCc1nccn1-c1nnc(C)c(C)c1CN. The molecule has 0 atom stereocenters. The average molecular weight is 245 g/mol. The molecule has 5 heteroatoms. The van der Waals surface area contributed by atoms with Crippen LogP contribution in [0.1, 0.15) is 36.0 Å². The first-order valence-electron chi connectivity index (χ1n) is 6.24. The summed E-state index contributed by atoms with van der Waals surface area (Å²) in [5.74, 6) is 1.81. The fraction of sp³-hybridized carbons (Fsp3) is 0.462. The van der Waals surface area contributed by atoms with E-state index in [4.69, 9.17) is 5.73 Å². The molecule has 0 saturated heterocycles. The van der Waals surface area contributed by atoms with Crippen LogP contribution in [0.15, 0.2) is 12.4 Å². The summed E-state index contributed by atoms with van der Waals surface area (Å²) >= 11 is 0. The lowest BCUT2D eigenvalue weighted by Gasteiger charge is -2.13. The molecule has 96 valence electrons. The van der Waals surface area contributed by atoms with E-state index in [0.717, 1.165) is 41.3 Å². The fourth-order valence-corrected chi connectivity index (χ4v) is 2.02. The molecule has 0 radical (unpaired) electrons. The number of hydrogen-bond donors (Lipinski definition) is 1. The van der Waals surface area contributed by atoms with E-state index in [2.05, 4.69) is 22.1 Å². The Morgan fingerprint density at radius 1 is 1.28 bits per heavy atom. The van der Waals surface area contributed by atoms with Gasteiger partial charge in [-0.25, -0.2) is 4.98 Å². The molecule has 0 saturated carbocycles. The van der Waals surface area contributed by atoms with Crippen molar-refractivity contribution >= 4 is 0 Å². The highest BCUT2D eigenvalue weighted by Gasteiger charge is 2.13. The van der Waals surface area contributed by atoms with Crippen molar-refractivity contribution in [1.29, 1.82) is 0 Å². The molecule has 18 heavy (non-hydrogen) atoms. The standard InChI is InChI=1S/C13H19N5/c1-4-5-12-15-6-7-18(12)13-11(8-14)9(2)10(3)16-17-13/h6-7H,4-5,8,14H2,1-3H3. The van der Waals surface area contributed by atoms with Crippen LogP contribution in [0.2, 0.25) is 0 Å². The molecule has 0 fully saturated rings. The number of hydrogen-bond acceptors (Lipinski definition) is 4. The average Bonchev–Trinajstić information content (AvgIpc) is 2.81. The van der Waals surface area contributed by atoms with Gasteiger partial charge >= 0.3 is 0 Å². The largest absolute Gasteiger partial charge is 0.326 e. The minimum absolute atomic E-state index is 0.460. The minimum Gasteiger partial charge on any atom is -0.326 e. The minimum atomic E-state index is 0.460. The zero-order valence-electron chi connectivity index (χ0n) is 11.1. The maximum absolute atomic E-state index is 5.85. The molecule has 5 nitrogen and oxygen atoms in total. The second-order valence-electron chi connectivity index (χ2n) is 4.38. The Bertz CT molecular complexity index is 544. The van der Waals surface area contributed by atoms with Crippen molar-refractivity contribution in [3.63, 3.8) is 0 Å². The summed E-state index contributed by atoms with van der Waals surface area (Å²) in [4.78, 5) is 4.36. The molecule has 0 bridgehead atoms. The van der Waals surface area contributed by atoms with Gasteiger partial charge in [-0.15, -0.1) is 5.10 Å². The van der Waals surface area contributed by atoms with Crippen molar-refractivity contribution in [2.45, 2.75) is 40.2 Å². The Hall–Kier alpha value is -1.75. The van der Waals surface area contributed by atoms with Gasteiger partial charge in [0.15, 0.2) is 5.82 Å².